The van der Waals surface area contributed by atoms with Gasteiger partial charge in [0.25, 0.3) is 0 Å². The van der Waals surface area contributed by atoms with Crippen LogP contribution in [0, 0.1) is 0 Å². The lowest BCUT2D eigenvalue weighted by molar-refractivity contribution is -0.144. The zero-order chi connectivity index (χ0) is 16.5. The molecule has 0 aromatic carbocycles. The van der Waals surface area contributed by atoms with Crippen LogP contribution in [0.4, 0.5) is 0 Å². The predicted octanol–water partition coefficient (Wildman–Crippen LogP) is -0.428. The molecule has 0 saturated carbocycles. The first-order chi connectivity index (χ1) is 10.3. The second-order valence-corrected chi connectivity index (χ2v) is 7.31. The summed E-state index contributed by atoms with van der Waals surface area (Å²) in [7, 11) is -3.57. The number of β-lactam (4-membered cyclic amide) rings is 1. The van der Waals surface area contributed by atoms with Crippen LogP contribution >= 0.6 is 11.6 Å². The number of halogens is 1. The first-order valence-corrected chi connectivity index (χ1v) is 8.60. The Morgan fingerprint density at radius 3 is 2.64 bits per heavy atom. The van der Waals surface area contributed by atoms with Crippen LogP contribution in [0.15, 0.2) is 11.5 Å². The van der Waals surface area contributed by atoms with Crippen LogP contribution in [-0.4, -0.2) is 61.2 Å². The molecule has 10 heteroatoms. The maximum atomic E-state index is 12.1. The number of amides is 1. The largest absolute Gasteiger partial charge is 0.471 e. The van der Waals surface area contributed by atoms with Crippen molar-refractivity contribution in [1.82, 2.24) is 4.90 Å². The van der Waals surface area contributed by atoms with E-state index in [2.05, 4.69) is 0 Å². The molecule has 2 heterocycles. The molecule has 1 fully saturated rings. The van der Waals surface area contributed by atoms with Gasteiger partial charge in [0, 0.05) is 12.5 Å². The van der Waals surface area contributed by atoms with Gasteiger partial charge in [-0.05, 0) is 0 Å². The number of carbonyl (C=O) groups is 3. The second kappa shape index (κ2) is 6.25. The Morgan fingerprint density at radius 1 is 1.41 bits per heavy atom. The summed E-state index contributed by atoms with van der Waals surface area (Å²) in [5, 5.41) is -0.984. The molecule has 8 nitrogen and oxygen atoms in total. The van der Waals surface area contributed by atoms with Crippen LogP contribution in [0.1, 0.15) is 13.3 Å². The summed E-state index contributed by atoms with van der Waals surface area (Å²) in [5.41, 5.74) is 0.127. The summed E-state index contributed by atoms with van der Waals surface area (Å²) < 4.78 is 34.2. The number of hydrogen-bond acceptors (Lipinski definition) is 7. The number of ketones is 1. The van der Waals surface area contributed by atoms with Gasteiger partial charge in [0.05, 0.1) is 18.1 Å². The van der Waals surface area contributed by atoms with E-state index < -0.39 is 32.9 Å². The van der Waals surface area contributed by atoms with Gasteiger partial charge >= 0.3 is 5.97 Å². The van der Waals surface area contributed by atoms with Gasteiger partial charge in [0.15, 0.2) is 21.0 Å². The maximum absolute atomic E-state index is 12.1. The fourth-order valence-corrected chi connectivity index (χ4v) is 4.03. The molecular formula is C12H14ClNO7S. The molecule has 0 bridgehead atoms. The Labute approximate surface area is 131 Å². The molecule has 0 N–H and O–H groups in total. The monoisotopic (exact) mass is 351 g/mol. The van der Waals surface area contributed by atoms with Gasteiger partial charge in [0.1, 0.15) is 13.2 Å². The first kappa shape index (κ1) is 16.8. The zero-order valence-corrected chi connectivity index (χ0v) is 13.3. The number of ether oxygens (including phenoxy) is 2. The predicted molar refractivity (Wildman–Crippen MR) is 74.4 cm³/mol. The third kappa shape index (κ3) is 3.25. The first-order valence-electron chi connectivity index (χ1n) is 6.35. The average Bonchev–Trinajstić information content (AvgIpc) is 2.43. The highest BCUT2D eigenvalue weighted by Gasteiger charge is 2.52. The minimum atomic E-state index is -3.57. The number of fused-ring (bicyclic) bond motifs is 1. The molecule has 22 heavy (non-hydrogen) atoms. The van der Waals surface area contributed by atoms with E-state index in [0.717, 1.165) is 4.90 Å². The van der Waals surface area contributed by atoms with Crippen molar-refractivity contribution in [3.8, 4) is 0 Å². The van der Waals surface area contributed by atoms with E-state index in [1.165, 1.54) is 6.92 Å². The quantitative estimate of drug-likeness (QED) is 0.363. The van der Waals surface area contributed by atoms with Crippen LogP contribution in [0.3, 0.4) is 0 Å². The standard InChI is InChI=1S/C12H14ClNO7S/c1-7(15)20-4-8-6-22(18,19)11-2-10(17)14(11)12(8)21-5-9(16)3-13/h11H,2-6H2,1H3/t11-/m1/s1. The lowest BCUT2D eigenvalue weighted by Crippen LogP contribution is -2.59. The summed E-state index contributed by atoms with van der Waals surface area (Å²) >= 11 is 5.37. The van der Waals surface area contributed by atoms with E-state index in [4.69, 9.17) is 21.1 Å². The van der Waals surface area contributed by atoms with E-state index >= 15 is 0 Å². The topological polar surface area (TPSA) is 107 Å². The second-order valence-electron chi connectivity index (χ2n) is 4.88. The molecule has 1 atom stereocenters. The molecule has 0 spiro atoms. The Balaban J connectivity index is 2.29. The number of esters is 1. The molecular weight excluding hydrogens is 338 g/mol. The summed E-state index contributed by atoms with van der Waals surface area (Å²) in [5.74, 6) is -2.13. The molecule has 1 saturated heterocycles. The highest BCUT2D eigenvalue weighted by molar-refractivity contribution is 7.92. The molecule has 2 rings (SSSR count). The number of carbonyl (C=O) groups excluding carboxylic acids is 3. The Morgan fingerprint density at radius 2 is 2.09 bits per heavy atom. The molecule has 1 amide bonds. The van der Waals surface area contributed by atoms with Crippen molar-refractivity contribution in [3.63, 3.8) is 0 Å². The Kier molecular flexibility index (Phi) is 4.76. The Bertz CT molecular complexity index is 654. The summed E-state index contributed by atoms with van der Waals surface area (Å²) in [6, 6.07) is 0. The van der Waals surface area contributed by atoms with E-state index in [9.17, 15) is 22.8 Å². The normalized spacial score (nSPS) is 22.7. The fourth-order valence-electron chi connectivity index (χ4n) is 2.14. The van der Waals surface area contributed by atoms with Crippen molar-refractivity contribution in [3.05, 3.63) is 11.5 Å². The van der Waals surface area contributed by atoms with Gasteiger partial charge in [-0.2, -0.15) is 0 Å². The third-order valence-electron chi connectivity index (χ3n) is 3.19. The lowest BCUT2D eigenvalue weighted by Gasteiger charge is -2.44. The maximum Gasteiger partial charge on any atom is 0.302 e. The highest BCUT2D eigenvalue weighted by atomic mass is 35.5. The molecule has 0 radical (unpaired) electrons. The minimum absolute atomic E-state index is 0.0317. The molecule has 0 aliphatic carbocycles. The summed E-state index contributed by atoms with van der Waals surface area (Å²) in [6.45, 7) is 0.460. The van der Waals surface area contributed by atoms with E-state index in [1.807, 2.05) is 0 Å². The van der Waals surface area contributed by atoms with Crippen molar-refractivity contribution in [2.75, 3.05) is 24.8 Å². The van der Waals surface area contributed by atoms with Gasteiger partial charge in [-0.15, -0.1) is 11.6 Å². The van der Waals surface area contributed by atoms with Crippen LogP contribution in [0.25, 0.3) is 0 Å². The Hall–Kier alpha value is -1.61. The van der Waals surface area contributed by atoms with E-state index in [0.29, 0.717) is 0 Å². The van der Waals surface area contributed by atoms with Crippen molar-refractivity contribution in [2.45, 2.75) is 18.7 Å². The van der Waals surface area contributed by atoms with Gasteiger partial charge in [-0.1, -0.05) is 0 Å². The SMILES string of the molecule is CC(=O)OCC1=C(OCC(=O)CCl)N2C(=O)C[C@H]2S(=O)(=O)C1. The molecule has 2 aliphatic heterocycles. The minimum Gasteiger partial charge on any atom is -0.471 e. The van der Waals surface area contributed by atoms with E-state index in [-0.39, 0.29) is 42.7 Å². The average molecular weight is 352 g/mol. The van der Waals surface area contributed by atoms with Gasteiger partial charge in [0.2, 0.25) is 11.8 Å². The van der Waals surface area contributed by atoms with Gasteiger partial charge < -0.3 is 9.47 Å². The molecule has 0 unspecified atom stereocenters. The van der Waals surface area contributed by atoms with Crippen molar-refractivity contribution in [1.29, 1.82) is 0 Å². The summed E-state index contributed by atoms with van der Waals surface area (Å²) in [4.78, 5) is 34.8. The number of nitrogens with zero attached hydrogens (tertiary/aromatic N) is 1. The van der Waals surface area contributed by atoms with Crippen molar-refractivity contribution >= 4 is 39.1 Å². The molecule has 0 aromatic rings. The van der Waals surface area contributed by atoms with Crippen molar-refractivity contribution in [2.24, 2.45) is 0 Å². The molecule has 122 valence electrons. The molecule has 0 aromatic heterocycles. The summed E-state index contributed by atoms with van der Waals surface area (Å²) in [6.07, 6.45) is -0.126. The van der Waals surface area contributed by atoms with Crippen LogP contribution in [-0.2, 0) is 33.7 Å². The smallest absolute Gasteiger partial charge is 0.302 e. The lowest BCUT2D eigenvalue weighted by atomic mass is 10.1. The number of sulfone groups is 1. The van der Waals surface area contributed by atoms with Crippen molar-refractivity contribution < 1.29 is 32.3 Å². The van der Waals surface area contributed by atoms with Crippen LogP contribution in [0.2, 0.25) is 0 Å². The molecule has 2 aliphatic rings. The van der Waals surface area contributed by atoms with Gasteiger partial charge in [-0.25, -0.2) is 8.42 Å². The van der Waals surface area contributed by atoms with E-state index in [1.54, 1.807) is 0 Å². The van der Waals surface area contributed by atoms with Crippen LogP contribution < -0.4 is 0 Å². The highest BCUT2D eigenvalue weighted by Crippen LogP contribution is 2.36. The number of Topliss-reactive ketones (excluding diaryl/α,β-unsaturated/α-hetero) is 1. The zero-order valence-electron chi connectivity index (χ0n) is 11.7. The van der Waals surface area contributed by atoms with Crippen LogP contribution in [0.5, 0.6) is 0 Å². The van der Waals surface area contributed by atoms with Gasteiger partial charge in [-0.3, -0.25) is 19.3 Å². The number of hydrogen-bond donors (Lipinski definition) is 0. The fraction of sp³-hybridized carbons (Fsp3) is 0.583. The third-order valence-corrected chi connectivity index (χ3v) is 5.44. The number of alkyl halides is 1. The number of rotatable bonds is 6.